The Hall–Kier alpha value is -0.770. The minimum absolute atomic E-state index is 0.186. The number of carbonyl (C=O) groups is 1. The molecule has 0 aromatic rings. The molecule has 1 saturated carbocycles. The maximum atomic E-state index is 11.2. The molecular formula is C10H17NO3. The topological polar surface area (TPSA) is 49.8 Å². The molecule has 2 aliphatic rings. The van der Waals surface area contributed by atoms with Crippen LogP contribution in [0, 0.1) is 11.8 Å². The van der Waals surface area contributed by atoms with Crippen LogP contribution in [0.25, 0.3) is 0 Å². The molecule has 14 heavy (non-hydrogen) atoms. The number of carbonyl (C=O) groups excluding carboxylic acids is 1. The number of rotatable bonds is 3. The number of ether oxygens (including phenoxy) is 1. The van der Waals surface area contributed by atoms with Crippen molar-refractivity contribution in [3.63, 3.8) is 0 Å². The molecule has 0 bridgehead atoms. The molecule has 0 spiro atoms. The van der Waals surface area contributed by atoms with Gasteiger partial charge in [-0.2, -0.15) is 0 Å². The van der Waals surface area contributed by atoms with Gasteiger partial charge in [-0.15, -0.1) is 0 Å². The second-order valence-electron chi connectivity index (χ2n) is 4.19. The predicted molar refractivity (Wildman–Crippen MR) is 50.8 cm³/mol. The fourth-order valence-corrected chi connectivity index (χ4v) is 2.47. The first-order chi connectivity index (χ1) is 6.81. The zero-order valence-corrected chi connectivity index (χ0v) is 8.32. The van der Waals surface area contributed by atoms with Gasteiger partial charge in [-0.3, -0.25) is 0 Å². The second-order valence-corrected chi connectivity index (χ2v) is 4.19. The van der Waals surface area contributed by atoms with Crippen molar-refractivity contribution in [2.75, 3.05) is 26.3 Å². The van der Waals surface area contributed by atoms with Gasteiger partial charge in [-0.05, 0) is 24.7 Å². The molecule has 2 fully saturated rings. The molecule has 1 saturated heterocycles. The van der Waals surface area contributed by atoms with Gasteiger partial charge in [0.15, 0.2) is 0 Å². The lowest BCUT2D eigenvalue weighted by Gasteiger charge is -2.22. The van der Waals surface area contributed by atoms with Crippen LogP contribution >= 0.6 is 0 Å². The number of aliphatic hydroxyl groups excluding tert-OH is 1. The normalized spacial score (nSPS) is 32.4. The van der Waals surface area contributed by atoms with Crippen molar-refractivity contribution >= 4 is 6.09 Å². The monoisotopic (exact) mass is 199 g/mol. The summed E-state index contributed by atoms with van der Waals surface area (Å²) < 4.78 is 4.87. The summed E-state index contributed by atoms with van der Waals surface area (Å²) in [6.45, 7) is 2.26. The van der Waals surface area contributed by atoms with Gasteiger partial charge in [0.2, 0.25) is 0 Å². The maximum Gasteiger partial charge on any atom is 0.409 e. The van der Waals surface area contributed by atoms with Crippen molar-refractivity contribution in [1.29, 1.82) is 0 Å². The first kappa shape index (κ1) is 9.77. The Kier molecular flexibility index (Phi) is 2.91. The van der Waals surface area contributed by atoms with Crippen LogP contribution in [0.1, 0.15) is 19.3 Å². The maximum absolute atomic E-state index is 11.2. The van der Waals surface area contributed by atoms with Crippen molar-refractivity contribution in [2.45, 2.75) is 19.3 Å². The predicted octanol–water partition coefficient (Wildman–Crippen LogP) is 0.847. The molecule has 1 N–H and O–H groups in total. The van der Waals surface area contributed by atoms with Crippen LogP contribution in [0.4, 0.5) is 4.79 Å². The van der Waals surface area contributed by atoms with Gasteiger partial charge in [-0.1, -0.05) is 6.42 Å². The van der Waals surface area contributed by atoms with Gasteiger partial charge in [0, 0.05) is 13.2 Å². The Balaban J connectivity index is 1.86. The summed E-state index contributed by atoms with van der Waals surface area (Å²) in [6.07, 6.45) is 3.23. The van der Waals surface area contributed by atoms with E-state index in [9.17, 15) is 4.79 Å². The molecule has 4 nitrogen and oxygen atoms in total. The summed E-state index contributed by atoms with van der Waals surface area (Å²) >= 11 is 0. The van der Waals surface area contributed by atoms with Crippen LogP contribution in [0.15, 0.2) is 0 Å². The molecule has 1 heterocycles. The zero-order chi connectivity index (χ0) is 9.97. The molecular weight excluding hydrogens is 182 g/mol. The van der Waals surface area contributed by atoms with E-state index in [0.717, 1.165) is 19.4 Å². The molecule has 2 atom stereocenters. The van der Waals surface area contributed by atoms with Crippen molar-refractivity contribution < 1.29 is 14.6 Å². The van der Waals surface area contributed by atoms with E-state index in [-0.39, 0.29) is 12.7 Å². The SMILES string of the molecule is O=C1OCCN1CC1CCCC1CO. The summed E-state index contributed by atoms with van der Waals surface area (Å²) in [5.41, 5.74) is 0. The lowest BCUT2D eigenvalue weighted by Crippen LogP contribution is -2.32. The average Bonchev–Trinajstić information content (AvgIpc) is 2.77. The zero-order valence-electron chi connectivity index (χ0n) is 8.32. The van der Waals surface area contributed by atoms with E-state index >= 15 is 0 Å². The van der Waals surface area contributed by atoms with Crippen molar-refractivity contribution in [3.05, 3.63) is 0 Å². The molecule has 1 amide bonds. The highest BCUT2D eigenvalue weighted by Crippen LogP contribution is 2.32. The van der Waals surface area contributed by atoms with Crippen LogP contribution in [0.5, 0.6) is 0 Å². The van der Waals surface area contributed by atoms with Crippen LogP contribution in [-0.2, 0) is 4.74 Å². The summed E-state index contributed by atoms with van der Waals surface area (Å²) in [4.78, 5) is 13.0. The van der Waals surface area contributed by atoms with Crippen LogP contribution in [0.2, 0.25) is 0 Å². The summed E-state index contributed by atoms with van der Waals surface area (Å²) in [5.74, 6) is 0.869. The molecule has 4 heteroatoms. The minimum Gasteiger partial charge on any atom is -0.448 e. The Labute approximate surface area is 83.8 Å². The van der Waals surface area contributed by atoms with E-state index in [4.69, 9.17) is 9.84 Å². The first-order valence-electron chi connectivity index (χ1n) is 5.34. The number of hydrogen-bond acceptors (Lipinski definition) is 3. The van der Waals surface area contributed by atoms with E-state index in [1.165, 1.54) is 6.42 Å². The molecule has 0 aromatic carbocycles. The molecule has 2 unspecified atom stereocenters. The average molecular weight is 199 g/mol. The molecule has 2 rings (SSSR count). The summed E-state index contributed by atoms with van der Waals surface area (Å²) in [7, 11) is 0. The van der Waals surface area contributed by atoms with E-state index < -0.39 is 0 Å². The van der Waals surface area contributed by atoms with Gasteiger partial charge < -0.3 is 14.7 Å². The summed E-state index contributed by atoms with van der Waals surface area (Å²) in [6, 6.07) is 0. The minimum atomic E-state index is -0.186. The van der Waals surface area contributed by atoms with Crippen LogP contribution < -0.4 is 0 Å². The Morgan fingerprint density at radius 3 is 2.86 bits per heavy atom. The highest BCUT2D eigenvalue weighted by molar-refractivity contribution is 5.69. The number of hydrogen-bond donors (Lipinski definition) is 1. The van der Waals surface area contributed by atoms with E-state index in [0.29, 0.717) is 25.0 Å². The van der Waals surface area contributed by atoms with Crippen LogP contribution in [0.3, 0.4) is 0 Å². The van der Waals surface area contributed by atoms with E-state index in [2.05, 4.69) is 0 Å². The fraction of sp³-hybridized carbons (Fsp3) is 0.900. The highest BCUT2D eigenvalue weighted by atomic mass is 16.6. The number of aliphatic hydroxyl groups is 1. The smallest absolute Gasteiger partial charge is 0.409 e. The van der Waals surface area contributed by atoms with Gasteiger partial charge in [-0.25, -0.2) is 4.79 Å². The number of amides is 1. The number of cyclic esters (lactones) is 1. The largest absolute Gasteiger partial charge is 0.448 e. The van der Waals surface area contributed by atoms with Gasteiger partial charge >= 0.3 is 6.09 Å². The lowest BCUT2D eigenvalue weighted by molar-refractivity contribution is 0.141. The number of nitrogens with zero attached hydrogens (tertiary/aromatic N) is 1. The molecule has 0 radical (unpaired) electrons. The third kappa shape index (κ3) is 1.85. The summed E-state index contributed by atoms with van der Waals surface area (Å²) in [5, 5.41) is 9.14. The van der Waals surface area contributed by atoms with Crippen molar-refractivity contribution in [1.82, 2.24) is 4.90 Å². The van der Waals surface area contributed by atoms with Crippen molar-refractivity contribution in [2.24, 2.45) is 11.8 Å². The third-order valence-corrected chi connectivity index (χ3v) is 3.35. The van der Waals surface area contributed by atoms with E-state index in [1.807, 2.05) is 0 Å². The van der Waals surface area contributed by atoms with Gasteiger partial charge in [0.25, 0.3) is 0 Å². The fourth-order valence-electron chi connectivity index (χ4n) is 2.47. The van der Waals surface area contributed by atoms with Gasteiger partial charge in [0.1, 0.15) is 6.61 Å². The molecule has 80 valence electrons. The van der Waals surface area contributed by atoms with E-state index in [1.54, 1.807) is 4.90 Å². The lowest BCUT2D eigenvalue weighted by atomic mass is 9.96. The van der Waals surface area contributed by atoms with Gasteiger partial charge in [0.05, 0.1) is 6.54 Å². The Morgan fingerprint density at radius 2 is 2.21 bits per heavy atom. The third-order valence-electron chi connectivity index (χ3n) is 3.35. The van der Waals surface area contributed by atoms with Crippen molar-refractivity contribution in [3.8, 4) is 0 Å². The molecule has 1 aliphatic carbocycles. The quantitative estimate of drug-likeness (QED) is 0.733. The standard InChI is InChI=1S/C10H17NO3/c12-7-9-3-1-2-8(9)6-11-4-5-14-10(11)13/h8-9,12H,1-7H2. The van der Waals surface area contributed by atoms with Crippen LogP contribution in [-0.4, -0.2) is 42.4 Å². The molecule has 1 aliphatic heterocycles. The Morgan fingerprint density at radius 1 is 1.43 bits per heavy atom. The first-order valence-corrected chi connectivity index (χ1v) is 5.34. The highest BCUT2D eigenvalue weighted by Gasteiger charge is 2.31. The molecule has 0 aromatic heterocycles. The Bertz CT molecular complexity index is 219. The second kappa shape index (κ2) is 4.17.